The van der Waals surface area contributed by atoms with Gasteiger partial charge in [0.2, 0.25) is 10.0 Å². The second-order valence-corrected chi connectivity index (χ2v) is 7.64. The van der Waals surface area contributed by atoms with E-state index in [0.29, 0.717) is 19.0 Å². The van der Waals surface area contributed by atoms with Crippen LogP contribution in [0.15, 0.2) is 58.4 Å². The fourth-order valence-electron chi connectivity index (χ4n) is 2.41. The van der Waals surface area contributed by atoms with Crippen LogP contribution in [-0.4, -0.2) is 35.1 Å². The number of rotatable bonds is 8. The maximum absolute atomic E-state index is 11.9. The fourth-order valence-corrected chi connectivity index (χ4v) is 3.21. The van der Waals surface area contributed by atoms with Gasteiger partial charge in [-0.25, -0.2) is 18.1 Å². The predicted octanol–water partition coefficient (Wildman–Crippen LogP) is 2.48. The molecule has 7 nitrogen and oxygen atoms in total. The lowest BCUT2D eigenvalue weighted by Gasteiger charge is -2.12. The molecule has 0 radical (unpaired) electrons. The van der Waals surface area contributed by atoms with Crippen molar-refractivity contribution >= 4 is 40.0 Å². The maximum Gasteiger partial charge on any atom is 0.240 e. The second-order valence-electron chi connectivity index (χ2n) is 5.76. The molecular formula is C19H27IN4O3S. The van der Waals surface area contributed by atoms with E-state index < -0.39 is 10.0 Å². The molecule has 0 bridgehead atoms. The van der Waals surface area contributed by atoms with E-state index >= 15 is 0 Å². The number of benzene rings is 2. The molecule has 0 fully saturated rings. The van der Waals surface area contributed by atoms with Crippen LogP contribution >= 0.6 is 24.0 Å². The number of halogens is 1. The third kappa shape index (κ3) is 7.28. The Kier molecular flexibility index (Phi) is 10.3. The van der Waals surface area contributed by atoms with E-state index in [4.69, 9.17) is 4.74 Å². The molecule has 0 aliphatic rings. The normalized spacial score (nSPS) is 11.5. The molecule has 0 amide bonds. The monoisotopic (exact) mass is 518 g/mol. The van der Waals surface area contributed by atoms with E-state index in [9.17, 15) is 8.42 Å². The number of guanidine groups is 1. The molecule has 0 spiro atoms. The summed E-state index contributed by atoms with van der Waals surface area (Å²) < 4.78 is 31.4. The van der Waals surface area contributed by atoms with E-state index in [0.717, 1.165) is 23.4 Å². The van der Waals surface area contributed by atoms with Crippen molar-refractivity contribution in [1.82, 2.24) is 15.4 Å². The van der Waals surface area contributed by atoms with Crippen molar-refractivity contribution in [2.24, 2.45) is 4.99 Å². The van der Waals surface area contributed by atoms with Gasteiger partial charge in [0, 0.05) is 13.1 Å². The maximum atomic E-state index is 11.9. The number of sulfonamides is 1. The quantitative estimate of drug-likeness (QED) is 0.284. The molecule has 154 valence electrons. The number of nitrogens with one attached hydrogen (secondary N) is 3. The van der Waals surface area contributed by atoms with Crippen molar-refractivity contribution in [2.75, 3.05) is 20.7 Å². The Balaban J connectivity index is 0.00000392. The average Bonchev–Trinajstić information content (AvgIpc) is 2.70. The highest BCUT2D eigenvalue weighted by Crippen LogP contribution is 2.13. The first-order valence-corrected chi connectivity index (χ1v) is 10.1. The third-order valence-electron chi connectivity index (χ3n) is 3.84. The lowest BCUT2D eigenvalue weighted by Crippen LogP contribution is -2.36. The highest BCUT2D eigenvalue weighted by Gasteiger charge is 2.11. The molecule has 0 heterocycles. The molecule has 2 aromatic rings. The van der Waals surface area contributed by atoms with Crippen LogP contribution in [0.3, 0.4) is 0 Å². The van der Waals surface area contributed by atoms with Crippen LogP contribution in [-0.2, 0) is 23.1 Å². The van der Waals surface area contributed by atoms with E-state index in [1.165, 1.54) is 7.05 Å². The first kappa shape index (κ1) is 24.2. The highest BCUT2D eigenvalue weighted by molar-refractivity contribution is 14.0. The molecular weight excluding hydrogens is 491 g/mol. The molecule has 0 saturated heterocycles. The summed E-state index contributed by atoms with van der Waals surface area (Å²) in [6.45, 7) is 3.67. The Morgan fingerprint density at radius 1 is 1.07 bits per heavy atom. The van der Waals surface area contributed by atoms with E-state index in [1.54, 1.807) is 25.3 Å². The van der Waals surface area contributed by atoms with Crippen molar-refractivity contribution < 1.29 is 13.2 Å². The first-order valence-electron chi connectivity index (χ1n) is 8.66. The largest absolute Gasteiger partial charge is 0.497 e. The fraction of sp³-hybridized carbons (Fsp3) is 0.316. The topological polar surface area (TPSA) is 91.8 Å². The molecule has 0 aliphatic heterocycles. The second kappa shape index (κ2) is 11.9. The summed E-state index contributed by atoms with van der Waals surface area (Å²) in [7, 11) is -0.430. The number of nitrogens with zero attached hydrogens (tertiary/aromatic N) is 1. The molecule has 2 aromatic carbocycles. The van der Waals surface area contributed by atoms with Gasteiger partial charge in [-0.15, -0.1) is 24.0 Å². The Labute approximate surface area is 184 Å². The molecule has 9 heteroatoms. The van der Waals surface area contributed by atoms with Gasteiger partial charge >= 0.3 is 0 Å². The van der Waals surface area contributed by atoms with Gasteiger partial charge in [-0.05, 0) is 49.4 Å². The van der Waals surface area contributed by atoms with Gasteiger partial charge in [-0.1, -0.05) is 24.3 Å². The summed E-state index contributed by atoms with van der Waals surface area (Å²) in [4.78, 5) is 4.77. The van der Waals surface area contributed by atoms with Gasteiger partial charge in [0.15, 0.2) is 5.96 Å². The van der Waals surface area contributed by atoms with Gasteiger partial charge in [-0.3, -0.25) is 0 Å². The Bertz CT molecular complexity index is 888. The zero-order valence-electron chi connectivity index (χ0n) is 16.2. The lowest BCUT2D eigenvalue weighted by atomic mass is 10.2. The Morgan fingerprint density at radius 3 is 2.46 bits per heavy atom. The summed E-state index contributed by atoms with van der Waals surface area (Å²) >= 11 is 0. The van der Waals surface area contributed by atoms with Crippen molar-refractivity contribution in [3.8, 4) is 5.75 Å². The van der Waals surface area contributed by atoms with Gasteiger partial charge in [0.25, 0.3) is 0 Å². The summed E-state index contributed by atoms with van der Waals surface area (Å²) in [6, 6.07) is 14.6. The minimum atomic E-state index is -3.46. The predicted molar refractivity (Wildman–Crippen MR) is 123 cm³/mol. The van der Waals surface area contributed by atoms with Crippen LogP contribution in [0, 0.1) is 0 Å². The van der Waals surface area contributed by atoms with Gasteiger partial charge in [-0.2, -0.15) is 0 Å². The molecule has 3 N–H and O–H groups in total. The third-order valence-corrected chi connectivity index (χ3v) is 5.25. The minimum absolute atomic E-state index is 0. The molecule has 0 aromatic heterocycles. The van der Waals surface area contributed by atoms with Gasteiger partial charge < -0.3 is 15.4 Å². The van der Waals surface area contributed by atoms with E-state index in [1.807, 2.05) is 37.3 Å². The van der Waals surface area contributed by atoms with Gasteiger partial charge in [0.1, 0.15) is 5.75 Å². The smallest absolute Gasteiger partial charge is 0.240 e. The minimum Gasteiger partial charge on any atom is -0.497 e. The van der Waals surface area contributed by atoms with Crippen LogP contribution in [0.1, 0.15) is 18.1 Å². The Hall–Kier alpha value is -1.85. The van der Waals surface area contributed by atoms with Crippen molar-refractivity contribution in [3.05, 3.63) is 59.7 Å². The Morgan fingerprint density at radius 2 is 1.79 bits per heavy atom. The number of aliphatic imine (C=N–C) groups is 1. The summed E-state index contributed by atoms with van der Waals surface area (Å²) in [6.07, 6.45) is 0. The van der Waals surface area contributed by atoms with E-state index in [-0.39, 0.29) is 28.9 Å². The zero-order valence-corrected chi connectivity index (χ0v) is 19.4. The zero-order chi connectivity index (χ0) is 19.7. The first-order chi connectivity index (χ1) is 13.0. The summed E-state index contributed by atoms with van der Waals surface area (Å²) in [5, 5.41) is 6.45. The summed E-state index contributed by atoms with van der Waals surface area (Å²) in [5.74, 6) is 1.46. The molecule has 2 rings (SSSR count). The molecule has 0 saturated carbocycles. The van der Waals surface area contributed by atoms with Crippen molar-refractivity contribution in [2.45, 2.75) is 24.9 Å². The SMILES string of the molecule is CCNC(=NCc1cccc(S(=O)(=O)NC)c1)NCc1cccc(OC)c1.I. The van der Waals surface area contributed by atoms with Crippen LogP contribution < -0.4 is 20.1 Å². The lowest BCUT2D eigenvalue weighted by molar-refractivity contribution is 0.414. The van der Waals surface area contributed by atoms with Crippen LogP contribution in [0.5, 0.6) is 5.75 Å². The molecule has 0 aliphatic carbocycles. The van der Waals surface area contributed by atoms with Crippen LogP contribution in [0.4, 0.5) is 0 Å². The van der Waals surface area contributed by atoms with Gasteiger partial charge in [0.05, 0.1) is 18.6 Å². The van der Waals surface area contributed by atoms with E-state index in [2.05, 4.69) is 20.3 Å². The standard InChI is InChI=1S/C19H26N4O3S.HI/c1-4-21-19(22-13-15-7-5-9-17(11-15)26-3)23-14-16-8-6-10-18(12-16)27(24,25)20-2;/h5-12,20H,4,13-14H2,1-3H3,(H2,21,22,23);1H. The van der Waals surface area contributed by atoms with Crippen molar-refractivity contribution in [3.63, 3.8) is 0 Å². The number of hydrogen-bond donors (Lipinski definition) is 3. The highest BCUT2D eigenvalue weighted by atomic mass is 127. The van der Waals surface area contributed by atoms with Crippen molar-refractivity contribution in [1.29, 1.82) is 0 Å². The summed E-state index contributed by atoms with van der Waals surface area (Å²) in [5.41, 5.74) is 1.88. The number of ether oxygens (including phenoxy) is 1. The van der Waals surface area contributed by atoms with Crippen LogP contribution in [0.25, 0.3) is 0 Å². The molecule has 0 unspecified atom stereocenters. The average molecular weight is 518 g/mol. The van der Waals surface area contributed by atoms with Crippen LogP contribution in [0.2, 0.25) is 0 Å². The number of methoxy groups -OCH3 is 1. The molecule has 28 heavy (non-hydrogen) atoms. The number of hydrogen-bond acceptors (Lipinski definition) is 4. The molecule has 0 atom stereocenters.